The van der Waals surface area contributed by atoms with Crippen molar-refractivity contribution in [1.29, 1.82) is 5.26 Å². The monoisotopic (exact) mass is 189 g/mol. The van der Waals surface area contributed by atoms with Crippen LogP contribution >= 0.6 is 0 Å². The first-order valence-corrected chi connectivity index (χ1v) is 3.98. The van der Waals surface area contributed by atoms with Crippen molar-refractivity contribution in [1.82, 2.24) is 4.98 Å². The maximum absolute atomic E-state index is 10.8. The Morgan fingerprint density at radius 3 is 3.07 bits per heavy atom. The van der Waals surface area contributed by atoms with Gasteiger partial charge in [0.15, 0.2) is 5.58 Å². The number of hydrogen-bond donors (Lipinski definition) is 2. The molecule has 0 amide bonds. The van der Waals surface area contributed by atoms with Gasteiger partial charge in [0.05, 0.1) is 11.6 Å². The molecule has 1 heterocycles. The number of nitriles is 1. The van der Waals surface area contributed by atoms with E-state index in [1.807, 2.05) is 6.07 Å². The van der Waals surface area contributed by atoms with E-state index in [1.54, 1.807) is 18.2 Å². The first-order valence-electron chi connectivity index (χ1n) is 3.98. The third-order valence-electron chi connectivity index (χ3n) is 1.94. The smallest absolute Gasteiger partial charge is 0.408 e. The number of H-pyrrole nitrogens is 1. The van der Waals surface area contributed by atoms with Crippen molar-refractivity contribution >= 4 is 11.1 Å². The molecule has 5 nitrogen and oxygen atoms in total. The molecule has 5 heteroatoms. The zero-order chi connectivity index (χ0) is 10.1. The summed E-state index contributed by atoms with van der Waals surface area (Å²) in [6.45, 7) is 0. The number of benzene rings is 1. The number of hydrogen-bond acceptors (Lipinski definition) is 4. The fraction of sp³-hybridized carbons (Fsp3) is 0.111. The number of aromatic amines is 1. The van der Waals surface area contributed by atoms with Gasteiger partial charge in [0.1, 0.15) is 6.04 Å². The first-order chi connectivity index (χ1) is 6.70. The Hall–Kier alpha value is -2.06. The Morgan fingerprint density at radius 1 is 1.57 bits per heavy atom. The van der Waals surface area contributed by atoms with Crippen LogP contribution in [0.1, 0.15) is 11.6 Å². The molecule has 14 heavy (non-hydrogen) atoms. The van der Waals surface area contributed by atoms with Crippen LogP contribution in [0.2, 0.25) is 0 Å². The molecule has 0 aliphatic heterocycles. The van der Waals surface area contributed by atoms with Crippen molar-refractivity contribution in [2.75, 3.05) is 0 Å². The molecule has 2 aromatic rings. The maximum atomic E-state index is 10.8. The molecule has 1 atom stereocenters. The molecule has 1 unspecified atom stereocenters. The van der Waals surface area contributed by atoms with Gasteiger partial charge in [-0.25, -0.2) is 4.79 Å². The van der Waals surface area contributed by atoms with E-state index >= 15 is 0 Å². The van der Waals surface area contributed by atoms with Gasteiger partial charge >= 0.3 is 5.76 Å². The Kier molecular flexibility index (Phi) is 1.84. The molecule has 0 spiro atoms. The Labute approximate surface area is 78.8 Å². The van der Waals surface area contributed by atoms with Crippen molar-refractivity contribution < 1.29 is 4.42 Å². The lowest BCUT2D eigenvalue weighted by atomic mass is 10.1. The van der Waals surface area contributed by atoms with E-state index in [2.05, 4.69) is 4.98 Å². The van der Waals surface area contributed by atoms with E-state index in [1.165, 1.54) is 0 Å². The average Bonchev–Trinajstić information content (AvgIpc) is 2.55. The molecule has 3 N–H and O–H groups in total. The normalized spacial score (nSPS) is 12.6. The third kappa shape index (κ3) is 1.28. The van der Waals surface area contributed by atoms with Gasteiger partial charge in [-0.2, -0.15) is 5.26 Å². The number of aromatic nitrogens is 1. The van der Waals surface area contributed by atoms with E-state index in [-0.39, 0.29) is 0 Å². The highest BCUT2D eigenvalue weighted by Gasteiger charge is 2.07. The molecule has 0 radical (unpaired) electrons. The summed E-state index contributed by atoms with van der Waals surface area (Å²) in [5.41, 5.74) is 7.14. The van der Waals surface area contributed by atoms with Gasteiger partial charge in [-0.15, -0.1) is 0 Å². The maximum Gasteiger partial charge on any atom is 0.417 e. The van der Waals surface area contributed by atoms with Crippen LogP contribution in [0.3, 0.4) is 0 Å². The lowest BCUT2D eigenvalue weighted by Crippen LogP contribution is -2.06. The molecule has 70 valence electrons. The lowest BCUT2D eigenvalue weighted by molar-refractivity contribution is 0.555. The SMILES string of the molecule is N#CC(N)c1ccc2[nH]c(=O)oc2c1. The predicted octanol–water partition coefficient (Wildman–Crippen LogP) is 0.644. The van der Waals surface area contributed by atoms with E-state index < -0.39 is 11.8 Å². The first kappa shape index (κ1) is 8.53. The fourth-order valence-corrected chi connectivity index (χ4v) is 1.23. The fourth-order valence-electron chi connectivity index (χ4n) is 1.23. The summed E-state index contributed by atoms with van der Waals surface area (Å²) in [5.74, 6) is -0.511. The number of oxazole rings is 1. The number of nitrogens with one attached hydrogen (secondary N) is 1. The zero-order valence-corrected chi connectivity index (χ0v) is 7.15. The third-order valence-corrected chi connectivity index (χ3v) is 1.94. The highest BCUT2D eigenvalue weighted by Crippen LogP contribution is 2.16. The molecule has 0 fully saturated rings. The molecular formula is C9H7N3O2. The van der Waals surface area contributed by atoms with Gasteiger partial charge in [0.25, 0.3) is 0 Å². The largest absolute Gasteiger partial charge is 0.417 e. The Balaban J connectivity index is 2.62. The van der Waals surface area contributed by atoms with Gasteiger partial charge in [-0.1, -0.05) is 6.07 Å². The molecular weight excluding hydrogens is 182 g/mol. The zero-order valence-electron chi connectivity index (χ0n) is 7.15. The van der Waals surface area contributed by atoms with Crippen LogP contribution in [0.15, 0.2) is 27.4 Å². The number of nitrogens with two attached hydrogens (primary N) is 1. The van der Waals surface area contributed by atoms with Gasteiger partial charge in [0, 0.05) is 0 Å². The second kappa shape index (κ2) is 3.01. The summed E-state index contributed by atoms with van der Waals surface area (Å²) in [7, 11) is 0. The van der Waals surface area contributed by atoms with Crippen molar-refractivity contribution in [2.24, 2.45) is 5.73 Å². The minimum Gasteiger partial charge on any atom is -0.408 e. The minimum absolute atomic E-state index is 0.415. The van der Waals surface area contributed by atoms with Crippen LogP contribution in [0.4, 0.5) is 0 Å². The van der Waals surface area contributed by atoms with Gasteiger partial charge < -0.3 is 10.2 Å². The van der Waals surface area contributed by atoms with E-state index in [0.717, 1.165) is 0 Å². The Morgan fingerprint density at radius 2 is 2.36 bits per heavy atom. The number of rotatable bonds is 1. The molecule has 0 aliphatic rings. The summed E-state index contributed by atoms with van der Waals surface area (Å²) >= 11 is 0. The van der Waals surface area contributed by atoms with Crippen LogP contribution in [0.25, 0.3) is 11.1 Å². The molecule has 0 bridgehead atoms. The molecule has 0 aliphatic carbocycles. The highest BCUT2D eigenvalue weighted by molar-refractivity contribution is 5.73. The summed E-state index contributed by atoms with van der Waals surface area (Å²) < 4.78 is 4.83. The van der Waals surface area contributed by atoms with Gasteiger partial charge in [0.2, 0.25) is 0 Å². The van der Waals surface area contributed by atoms with Crippen LogP contribution in [0.5, 0.6) is 0 Å². The Bertz CT molecular complexity index is 561. The standard InChI is InChI=1S/C9H7N3O2/c10-4-6(11)5-1-2-7-8(3-5)14-9(13)12-7/h1-3,6H,11H2,(H,12,13). The van der Waals surface area contributed by atoms with Crippen LogP contribution in [-0.4, -0.2) is 4.98 Å². The molecule has 1 aromatic carbocycles. The van der Waals surface area contributed by atoms with Gasteiger partial charge in [-0.3, -0.25) is 4.98 Å². The van der Waals surface area contributed by atoms with Crippen LogP contribution in [0, 0.1) is 11.3 Å². The summed E-state index contributed by atoms with van der Waals surface area (Å²) in [6.07, 6.45) is 0. The predicted molar refractivity (Wildman–Crippen MR) is 49.4 cm³/mol. The van der Waals surface area contributed by atoms with Crippen molar-refractivity contribution in [2.45, 2.75) is 6.04 Å². The van der Waals surface area contributed by atoms with Crippen molar-refractivity contribution in [3.05, 3.63) is 34.3 Å². The van der Waals surface area contributed by atoms with E-state index in [9.17, 15) is 4.79 Å². The van der Waals surface area contributed by atoms with Crippen molar-refractivity contribution in [3.63, 3.8) is 0 Å². The molecule has 0 saturated carbocycles. The summed E-state index contributed by atoms with van der Waals surface area (Å²) in [5, 5.41) is 8.59. The number of fused-ring (bicyclic) bond motifs is 1. The topological polar surface area (TPSA) is 95.8 Å². The second-order valence-electron chi connectivity index (χ2n) is 2.88. The molecule has 2 rings (SSSR count). The van der Waals surface area contributed by atoms with E-state index in [0.29, 0.717) is 16.7 Å². The van der Waals surface area contributed by atoms with Gasteiger partial charge in [-0.05, 0) is 17.7 Å². The van der Waals surface area contributed by atoms with Crippen LogP contribution < -0.4 is 11.5 Å². The average molecular weight is 189 g/mol. The lowest BCUT2D eigenvalue weighted by Gasteiger charge is -2.00. The second-order valence-corrected chi connectivity index (χ2v) is 2.88. The summed E-state index contributed by atoms with van der Waals surface area (Å²) in [4.78, 5) is 13.3. The summed E-state index contributed by atoms with van der Waals surface area (Å²) in [6, 6.07) is 6.13. The molecule has 0 saturated heterocycles. The highest BCUT2D eigenvalue weighted by atomic mass is 16.4. The molecule has 1 aromatic heterocycles. The van der Waals surface area contributed by atoms with Crippen molar-refractivity contribution in [3.8, 4) is 6.07 Å². The quantitative estimate of drug-likeness (QED) is 0.688. The van der Waals surface area contributed by atoms with Crippen LogP contribution in [-0.2, 0) is 0 Å². The van der Waals surface area contributed by atoms with E-state index in [4.69, 9.17) is 15.4 Å². The number of nitrogens with zero attached hydrogens (tertiary/aromatic N) is 1. The minimum atomic E-state index is -0.695.